The van der Waals surface area contributed by atoms with Gasteiger partial charge in [-0.05, 0) is 25.0 Å². The topological polar surface area (TPSA) is 80.0 Å². The van der Waals surface area contributed by atoms with Crippen LogP contribution in [0.1, 0.15) is 32.1 Å². The van der Waals surface area contributed by atoms with Gasteiger partial charge in [-0.3, -0.25) is 0 Å². The molecular weight excluding hydrogens is 250 g/mol. The van der Waals surface area contributed by atoms with Gasteiger partial charge in [-0.1, -0.05) is 37.5 Å². The summed E-state index contributed by atoms with van der Waals surface area (Å²) in [5, 5.41) is 0. The van der Waals surface area contributed by atoms with E-state index >= 15 is 0 Å². The van der Waals surface area contributed by atoms with Crippen molar-refractivity contribution in [3.63, 3.8) is 0 Å². The summed E-state index contributed by atoms with van der Waals surface area (Å²) in [6.07, 6.45) is 6.18. The van der Waals surface area contributed by atoms with Gasteiger partial charge < -0.3 is 16.4 Å². The van der Waals surface area contributed by atoms with Gasteiger partial charge in [0, 0.05) is 13.1 Å². The molecule has 108 valence electrons. The van der Waals surface area contributed by atoms with Crippen LogP contribution in [0, 0.1) is 0 Å². The smallest absolute Gasteiger partial charge is 0.223 e. The molecule has 1 aliphatic carbocycles. The molecule has 0 amide bonds. The van der Waals surface area contributed by atoms with Crippen LogP contribution in [-0.4, -0.2) is 29.9 Å². The molecule has 1 saturated carbocycles. The van der Waals surface area contributed by atoms with Crippen molar-refractivity contribution in [2.45, 2.75) is 38.1 Å². The number of hydrogen-bond donors (Lipinski definition) is 2. The van der Waals surface area contributed by atoms with Gasteiger partial charge >= 0.3 is 0 Å². The lowest BCUT2D eigenvalue weighted by atomic mass is 9.95. The number of benzene rings is 1. The van der Waals surface area contributed by atoms with E-state index < -0.39 is 0 Å². The van der Waals surface area contributed by atoms with Crippen LogP contribution >= 0.6 is 0 Å². The maximum Gasteiger partial charge on any atom is 0.223 e. The average Bonchev–Trinajstić information content (AvgIpc) is 2.48. The largest absolute Gasteiger partial charge is 0.369 e. The summed E-state index contributed by atoms with van der Waals surface area (Å²) < 4.78 is 0. The van der Waals surface area contributed by atoms with Gasteiger partial charge in [-0.15, -0.1) is 0 Å². The van der Waals surface area contributed by atoms with Crippen molar-refractivity contribution in [2.75, 3.05) is 7.05 Å². The van der Waals surface area contributed by atoms with E-state index in [-0.39, 0.29) is 5.96 Å². The van der Waals surface area contributed by atoms with Crippen LogP contribution in [0.15, 0.2) is 40.3 Å². The molecule has 0 unspecified atom stereocenters. The molecule has 20 heavy (non-hydrogen) atoms. The lowest BCUT2D eigenvalue weighted by molar-refractivity contribution is 0.276. The van der Waals surface area contributed by atoms with E-state index in [4.69, 9.17) is 11.5 Å². The molecule has 0 atom stereocenters. The van der Waals surface area contributed by atoms with E-state index in [0.717, 1.165) is 5.69 Å². The van der Waals surface area contributed by atoms with Gasteiger partial charge in [0.2, 0.25) is 5.96 Å². The minimum Gasteiger partial charge on any atom is -0.369 e. The van der Waals surface area contributed by atoms with Crippen molar-refractivity contribution < 1.29 is 0 Å². The van der Waals surface area contributed by atoms with Crippen molar-refractivity contribution in [2.24, 2.45) is 21.5 Å². The zero-order valence-corrected chi connectivity index (χ0v) is 12.0. The molecule has 0 aromatic heterocycles. The zero-order chi connectivity index (χ0) is 14.4. The van der Waals surface area contributed by atoms with Gasteiger partial charge in [0.15, 0.2) is 5.96 Å². The molecule has 1 aliphatic rings. The quantitative estimate of drug-likeness (QED) is 0.640. The molecule has 2 rings (SSSR count). The van der Waals surface area contributed by atoms with Crippen LogP contribution in [0.4, 0.5) is 5.69 Å². The van der Waals surface area contributed by atoms with E-state index in [2.05, 4.69) is 9.98 Å². The second kappa shape index (κ2) is 6.93. The Labute approximate surface area is 120 Å². The van der Waals surface area contributed by atoms with Gasteiger partial charge in [-0.2, -0.15) is 4.99 Å². The third-order valence-corrected chi connectivity index (χ3v) is 3.71. The molecule has 5 nitrogen and oxygen atoms in total. The summed E-state index contributed by atoms with van der Waals surface area (Å²) in [6.45, 7) is 0. The predicted octanol–water partition coefficient (Wildman–Crippen LogP) is 2.21. The van der Waals surface area contributed by atoms with E-state index in [1.54, 1.807) is 0 Å². The summed E-state index contributed by atoms with van der Waals surface area (Å²) in [5.74, 6) is 0.630. The number of para-hydroxylation sites is 1. The number of rotatable bonds is 2. The highest BCUT2D eigenvalue weighted by Gasteiger charge is 2.19. The average molecular weight is 273 g/mol. The molecule has 0 radical (unpaired) electrons. The first-order valence-corrected chi connectivity index (χ1v) is 7.13. The summed E-state index contributed by atoms with van der Waals surface area (Å²) in [4.78, 5) is 10.4. The molecule has 0 spiro atoms. The molecule has 1 aromatic rings. The Morgan fingerprint density at radius 3 is 2.40 bits per heavy atom. The minimum atomic E-state index is 0.191. The third-order valence-electron chi connectivity index (χ3n) is 3.71. The maximum absolute atomic E-state index is 6.02. The Hall–Kier alpha value is -2.04. The van der Waals surface area contributed by atoms with Crippen LogP contribution in [-0.2, 0) is 0 Å². The summed E-state index contributed by atoms with van der Waals surface area (Å²) >= 11 is 0. The zero-order valence-electron chi connectivity index (χ0n) is 12.0. The van der Waals surface area contributed by atoms with Crippen LogP contribution in [0.3, 0.4) is 0 Å². The van der Waals surface area contributed by atoms with E-state index in [0.29, 0.717) is 12.0 Å². The van der Waals surface area contributed by atoms with Crippen molar-refractivity contribution in [1.29, 1.82) is 0 Å². The lowest BCUT2D eigenvalue weighted by Crippen LogP contribution is -2.43. The highest BCUT2D eigenvalue weighted by Crippen LogP contribution is 2.21. The molecule has 5 heteroatoms. The predicted molar refractivity (Wildman–Crippen MR) is 84.0 cm³/mol. The maximum atomic E-state index is 6.02. The fraction of sp³-hybridized carbons (Fsp3) is 0.467. The number of hydrogen-bond acceptors (Lipinski definition) is 1. The van der Waals surface area contributed by atoms with Gasteiger partial charge in [0.1, 0.15) is 0 Å². The Morgan fingerprint density at radius 2 is 1.75 bits per heavy atom. The van der Waals surface area contributed by atoms with Crippen molar-refractivity contribution in [3.8, 4) is 0 Å². The van der Waals surface area contributed by atoms with Crippen molar-refractivity contribution in [1.82, 2.24) is 4.90 Å². The lowest BCUT2D eigenvalue weighted by Gasteiger charge is -2.31. The van der Waals surface area contributed by atoms with Crippen LogP contribution in [0.2, 0.25) is 0 Å². The van der Waals surface area contributed by atoms with Gasteiger partial charge in [0.25, 0.3) is 0 Å². The van der Waals surface area contributed by atoms with E-state index in [9.17, 15) is 0 Å². The normalized spacial score (nSPS) is 18.1. The molecule has 4 N–H and O–H groups in total. The fourth-order valence-corrected chi connectivity index (χ4v) is 2.51. The Bertz CT molecular complexity index is 474. The summed E-state index contributed by atoms with van der Waals surface area (Å²) in [7, 11) is 1.98. The van der Waals surface area contributed by atoms with E-state index in [1.165, 1.54) is 32.1 Å². The third kappa shape index (κ3) is 3.98. The van der Waals surface area contributed by atoms with Crippen LogP contribution in [0.5, 0.6) is 0 Å². The number of aliphatic imine (C=N–C) groups is 2. The first-order chi connectivity index (χ1) is 9.66. The van der Waals surface area contributed by atoms with Crippen molar-refractivity contribution in [3.05, 3.63) is 30.3 Å². The Balaban J connectivity index is 2.03. The standard InChI is InChI=1S/C15H23N5/c1-20(13-10-6-3-7-11-13)15(17)19-14(16)18-12-8-4-2-5-9-12/h2,4-5,8-9,13H,3,6-7,10-11H2,1H3,(H4,16,17,18,19). The second-order valence-corrected chi connectivity index (χ2v) is 5.18. The highest BCUT2D eigenvalue weighted by atomic mass is 15.3. The molecule has 0 aliphatic heterocycles. The van der Waals surface area contributed by atoms with Crippen LogP contribution < -0.4 is 11.5 Å². The minimum absolute atomic E-state index is 0.191. The molecule has 0 heterocycles. The number of guanidine groups is 2. The molecule has 1 aromatic carbocycles. The molecular formula is C15H23N5. The summed E-state index contributed by atoms with van der Waals surface area (Å²) in [5.41, 5.74) is 12.6. The first kappa shape index (κ1) is 14.4. The monoisotopic (exact) mass is 273 g/mol. The Morgan fingerprint density at radius 1 is 1.10 bits per heavy atom. The Kier molecular flexibility index (Phi) is 4.98. The number of nitrogens with two attached hydrogens (primary N) is 2. The molecule has 1 fully saturated rings. The first-order valence-electron chi connectivity index (χ1n) is 7.13. The highest BCUT2D eigenvalue weighted by molar-refractivity contribution is 5.94. The SMILES string of the molecule is CN(C(N)=NC(N)=Nc1ccccc1)C1CCCCC1. The van der Waals surface area contributed by atoms with Gasteiger partial charge in [-0.25, -0.2) is 4.99 Å². The van der Waals surface area contributed by atoms with E-state index in [1.807, 2.05) is 42.3 Å². The molecule has 0 bridgehead atoms. The van der Waals surface area contributed by atoms with Gasteiger partial charge in [0.05, 0.1) is 5.69 Å². The van der Waals surface area contributed by atoms with Crippen LogP contribution in [0.25, 0.3) is 0 Å². The van der Waals surface area contributed by atoms with Crippen molar-refractivity contribution >= 4 is 17.6 Å². The molecule has 0 saturated heterocycles. The fourth-order valence-electron chi connectivity index (χ4n) is 2.51. The second-order valence-electron chi connectivity index (χ2n) is 5.18. The summed E-state index contributed by atoms with van der Waals surface area (Å²) in [6, 6.07) is 9.98. The number of nitrogens with zero attached hydrogens (tertiary/aromatic N) is 3.